The summed E-state index contributed by atoms with van der Waals surface area (Å²) in [6.45, 7) is 12.0. The molecule has 106 valence electrons. The largest absolute Gasteiger partial charge is 0.382 e. The molecule has 0 aliphatic carbocycles. The summed E-state index contributed by atoms with van der Waals surface area (Å²) in [6, 6.07) is 0. The van der Waals surface area contributed by atoms with Gasteiger partial charge in [-0.1, -0.05) is 6.08 Å². The van der Waals surface area contributed by atoms with Crippen molar-refractivity contribution in [3.63, 3.8) is 0 Å². The molecule has 5 heteroatoms. The number of hydrogen-bond donors (Lipinski definition) is 2. The number of ether oxygens (including phenoxy) is 1. The van der Waals surface area contributed by atoms with Gasteiger partial charge >= 0.3 is 0 Å². The van der Waals surface area contributed by atoms with E-state index in [1.165, 1.54) is 0 Å². The minimum Gasteiger partial charge on any atom is -0.382 e. The van der Waals surface area contributed by atoms with E-state index in [2.05, 4.69) is 29.1 Å². The lowest BCUT2D eigenvalue weighted by Crippen LogP contribution is -2.38. The minimum atomic E-state index is 0.780. The van der Waals surface area contributed by atoms with Crippen LogP contribution in [0.1, 0.15) is 20.3 Å². The number of guanidine groups is 1. The van der Waals surface area contributed by atoms with Crippen LogP contribution >= 0.6 is 11.8 Å². The number of rotatable bonds is 11. The molecule has 0 fully saturated rings. The van der Waals surface area contributed by atoms with Gasteiger partial charge in [-0.05, 0) is 20.3 Å². The highest BCUT2D eigenvalue weighted by molar-refractivity contribution is 7.99. The Morgan fingerprint density at radius 3 is 2.89 bits per heavy atom. The van der Waals surface area contributed by atoms with Gasteiger partial charge in [0.05, 0.1) is 0 Å². The minimum absolute atomic E-state index is 0.780. The molecule has 0 atom stereocenters. The molecular formula is C13H27N3OS. The zero-order valence-corrected chi connectivity index (χ0v) is 12.5. The molecule has 0 bridgehead atoms. The second kappa shape index (κ2) is 14.4. The Balaban J connectivity index is 3.68. The standard InChI is InChI=1S/C13H27N3OS/c1-4-11-18-12-9-16-13(14-5-2)15-8-7-10-17-6-3/h4H,1,5-12H2,2-3H3,(H2,14,15,16). The van der Waals surface area contributed by atoms with Crippen molar-refractivity contribution in [2.45, 2.75) is 20.3 Å². The van der Waals surface area contributed by atoms with Crippen LogP contribution in [0.4, 0.5) is 0 Å². The molecule has 0 saturated heterocycles. The maximum absolute atomic E-state index is 5.28. The van der Waals surface area contributed by atoms with Gasteiger partial charge in [0.2, 0.25) is 0 Å². The fourth-order valence-electron chi connectivity index (χ4n) is 1.25. The fourth-order valence-corrected chi connectivity index (χ4v) is 1.83. The Hall–Kier alpha value is -0.680. The summed E-state index contributed by atoms with van der Waals surface area (Å²) < 4.78 is 5.28. The molecule has 0 heterocycles. The van der Waals surface area contributed by atoms with Crippen LogP contribution in [0.3, 0.4) is 0 Å². The van der Waals surface area contributed by atoms with Crippen LogP contribution in [0.2, 0.25) is 0 Å². The molecule has 0 saturated carbocycles. The highest BCUT2D eigenvalue weighted by atomic mass is 32.2. The zero-order valence-electron chi connectivity index (χ0n) is 11.7. The van der Waals surface area contributed by atoms with Crippen molar-refractivity contribution in [2.75, 3.05) is 44.4 Å². The van der Waals surface area contributed by atoms with Crippen LogP contribution < -0.4 is 10.6 Å². The zero-order chi connectivity index (χ0) is 13.5. The number of hydrogen-bond acceptors (Lipinski definition) is 3. The van der Waals surface area contributed by atoms with E-state index in [0.29, 0.717) is 0 Å². The summed E-state index contributed by atoms with van der Waals surface area (Å²) in [5.74, 6) is 2.97. The number of nitrogens with zero attached hydrogens (tertiary/aromatic N) is 1. The van der Waals surface area contributed by atoms with Gasteiger partial charge in [-0.15, -0.1) is 6.58 Å². The Morgan fingerprint density at radius 1 is 1.39 bits per heavy atom. The van der Waals surface area contributed by atoms with Crippen LogP contribution in [0, 0.1) is 0 Å². The van der Waals surface area contributed by atoms with Crippen LogP contribution in [0.25, 0.3) is 0 Å². The first-order valence-corrected chi connectivity index (χ1v) is 7.79. The van der Waals surface area contributed by atoms with Crippen molar-refractivity contribution in [1.82, 2.24) is 10.6 Å². The molecule has 0 aromatic carbocycles. The normalized spacial score (nSPS) is 11.3. The number of nitrogens with one attached hydrogen (secondary N) is 2. The fraction of sp³-hybridized carbons (Fsp3) is 0.769. The molecule has 0 radical (unpaired) electrons. The van der Waals surface area contributed by atoms with Gasteiger partial charge in [-0.2, -0.15) is 11.8 Å². The summed E-state index contributed by atoms with van der Waals surface area (Å²) in [7, 11) is 0. The maximum Gasteiger partial charge on any atom is 0.191 e. The molecule has 18 heavy (non-hydrogen) atoms. The van der Waals surface area contributed by atoms with Crippen LogP contribution in [-0.4, -0.2) is 50.3 Å². The van der Waals surface area contributed by atoms with E-state index in [0.717, 1.165) is 56.7 Å². The lowest BCUT2D eigenvalue weighted by molar-refractivity contribution is 0.146. The van der Waals surface area contributed by atoms with Crippen molar-refractivity contribution in [1.29, 1.82) is 0 Å². The monoisotopic (exact) mass is 273 g/mol. The summed E-state index contributed by atoms with van der Waals surface area (Å²) in [4.78, 5) is 4.49. The van der Waals surface area contributed by atoms with Gasteiger partial charge in [0.15, 0.2) is 5.96 Å². The Labute approximate surface area is 116 Å². The smallest absolute Gasteiger partial charge is 0.191 e. The van der Waals surface area contributed by atoms with Crippen LogP contribution in [0.15, 0.2) is 17.6 Å². The van der Waals surface area contributed by atoms with E-state index in [-0.39, 0.29) is 0 Å². The summed E-state index contributed by atoms with van der Waals surface area (Å²) in [5.41, 5.74) is 0. The molecule has 0 spiro atoms. The molecule has 0 rings (SSSR count). The van der Waals surface area contributed by atoms with Crippen molar-refractivity contribution in [3.05, 3.63) is 12.7 Å². The molecule has 0 aliphatic heterocycles. The van der Waals surface area contributed by atoms with Gasteiger partial charge in [0.1, 0.15) is 0 Å². The van der Waals surface area contributed by atoms with E-state index < -0.39 is 0 Å². The first-order valence-electron chi connectivity index (χ1n) is 6.63. The molecule has 0 aliphatic rings. The Morgan fingerprint density at radius 2 is 2.22 bits per heavy atom. The molecule has 2 N–H and O–H groups in total. The third-order valence-corrected chi connectivity index (χ3v) is 3.00. The molecular weight excluding hydrogens is 246 g/mol. The van der Waals surface area contributed by atoms with Crippen molar-refractivity contribution in [2.24, 2.45) is 4.99 Å². The summed E-state index contributed by atoms with van der Waals surface area (Å²) in [5, 5.41) is 6.55. The summed E-state index contributed by atoms with van der Waals surface area (Å²) >= 11 is 1.86. The third-order valence-electron chi connectivity index (χ3n) is 2.04. The lowest BCUT2D eigenvalue weighted by atomic mass is 10.4. The lowest BCUT2D eigenvalue weighted by Gasteiger charge is -2.10. The average Bonchev–Trinajstić information content (AvgIpc) is 2.38. The Bertz CT molecular complexity index is 222. The van der Waals surface area contributed by atoms with Crippen molar-refractivity contribution >= 4 is 17.7 Å². The first kappa shape index (κ1) is 17.3. The van der Waals surface area contributed by atoms with E-state index in [1.807, 2.05) is 24.8 Å². The molecule has 0 aromatic rings. The summed E-state index contributed by atoms with van der Waals surface area (Å²) in [6.07, 6.45) is 2.90. The van der Waals surface area contributed by atoms with Gasteiger partial charge < -0.3 is 15.4 Å². The second-order valence-corrected chi connectivity index (χ2v) is 4.75. The molecule has 0 aromatic heterocycles. The number of aliphatic imine (C=N–C) groups is 1. The van der Waals surface area contributed by atoms with E-state index in [9.17, 15) is 0 Å². The van der Waals surface area contributed by atoms with Crippen LogP contribution in [-0.2, 0) is 4.74 Å². The quantitative estimate of drug-likeness (QED) is 0.261. The van der Waals surface area contributed by atoms with Gasteiger partial charge in [-0.3, -0.25) is 4.99 Å². The van der Waals surface area contributed by atoms with E-state index in [4.69, 9.17) is 4.74 Å². The topological polar surface area (TPSA) is 45.7 Å². The highest BCUT2D eigenvalue weighted by Crippen LogP contribution is 1.96. The van der Waals surface area contributed by atoms with E-state index in [1.54, 1.807) is 0 Å². The van der Waals surface area contributed by atoms with Gasteiger partial charge in [0, 0.05) is 44.4 Å². The van der Waals surface area contributed by atoms with Gasteiger partial charge in [-0.25, -0.2) is 0 Å². The Kier molecular flexibility index (Phi) is 13.8. The number of thioether (sulfide) groups is 1. The highest BCUT2D eigenvalue weighted by Gasteiger charge is 1.95. The van der Waals surface area contributed by atoms with E-state index >= 15 is 0 Å². The molecule has 0 amide bonds. The maximum atomic E-state index is 5.28. The molecule has 0 unspecified atom stereocenters. The first-order chi connectivity index (χ1) is 8.85. The molecule has 4 nitrogen and oxygen atoms in total. The van der Waals surface area contributed by atoms with Crippen molar-refractivity contribution < 1.29 is 4.74 Å². The van der Waals surface area contributed by atoms with Gasteiger partial charge in [0.25, 0.3) is 0 Å². The third kappa shape index (κ3) is 11.8. The van der Waals surface area contributed by atoms with Crippen LogP contribution in [0.5, 0.6) is 0 Å². The predicted molar refractivity (Wildman–Crippen MR) is 82.6 cm³/mol. The predicted octanol–water partition coefficient (Wildman–Crippen LogP) is 1.89. The second-order valence-electron chi connectivity index (χ2n) is 3.60. The van der Waals surface area contributed by atoms with Crippen molar-refractivity contribution in [3.8, 4) is 0 Å². The average molecular weight is 273 g/mol. The SMILES string of the molecule is C=CCSCCNC(=NCCCOCC)NCC.